The molecule has 11 heteroatoms. The zero-order valence-corrected chi connectivity index (χ0v) is 11.3. The van der Waals surface area contributed by atoms with E-state index >= 15 is 0 Å². The summed E-state index contributed by atoms with van der Waals surface area (Å²) in [5, 5.41) is 4.42. The number of carbonyl (C=O) groups is 1. The van der Waals surface area contributed by atoms with Gasteiger partial charge in [-0.15, -0.1) is 0 Å². The molecule has 1 heterocycles. The Morgan fingerprint density at radius 2 is 2.04 bits per heavy atom. The van der Waals surface area contributed by atoms with Crippen molar-refractivity contribution >= 4 is 6.09 Å². The molecule has 1 aromatic heterocycles. The number of halogens is 5. The van der Waals surface area contributed by atoms with Crippen LogP contribution in [0.5, 0.6) is 5.75 Å². The van der Waals surface area contributed by atoms with E-state index in [1.165, 1.54) is 30.4 Å². The van der Waals surface area contributed by atoms with Gasteiger partial charge in [0.05, 0.1) is 0 Å². The molecule has 23 heavy (non-hydrogen) atoms. The summed E-state index contributed by atoms with van der Waals surface area (Å²) < 4.78 is 69.8. The first-order valence-corrected chi connectivity index (χ1v) is 5.95. The van der Waals surface area contributed by atoms with Crippen molar-refractivity contribution in [1.82, 2.24) is 15.5 Å². The Balaban J connectivity index is 2.19. The van der Waals surface area contributed by atoms with Crippen LogP contribution in [-0.4, -0.2) is 22.8 Å². The van der Waals surface area contributed by atoms with Crippen LogP contribution < -0.4 is 10.1 Å². The van der Waals surface area contributed by atoms with Gasteiger partial charge in [0, 0.05) is 5.56 Å². The molecule has 0 aliphatic heterocycles. The number of aryl methyl sites for hydroxylation is 1. The van der Waals surface area contributed by atoms with E-state index in [2.05, 4.69) is 19.4 Å². The quantitative estimate of drug-likeness (QED) is 0.686. The molecule has 0 saturated carbocycles. The first-order valence-electron chi connectivity index (χ1n) is 5.95. The lowest BCUT2D eigenvalue weighted by molar-refractivity contribution is -0.159. The van der Waals surface area contributed by atoms with E-state index < -0.39 is 24.7 Å². The van der Waals surface area contributed by atoms with Crippen molar-refractivity contribution in [2.24, 2.45) is 0 Å². The SMILES string of the molecule is Cc1cc(-c2noc(C(F)(F)F)n2)ccc1OC(=O)NC(F)F. The Morgan fingerprint density at radius 3 is 2.57 bits per heavy atom. The van der Waals surface area contributed by atoms with E-state index in [-0.39, 0.29) is 17.1 Å². The van der Waals surface area contributed by atoms with Gasteiger partial charge in [0.25, 0.3) is 0 Å². The highest BCUT2D eigenvalue weighted by molar-refractivity contribution is 5.71. The van der Waals surface area contributed by atoms with Crippen LogP contribution >= 0.6 is 0 Å². The molecule has 0 radical (unpaired) electrons. The number of alkyl halides is 5. The Morgan fingerprint density at radius 1 is 1.35 bits per heavy atom. The molecular weight excluding hydrogens is 329 g/mol. The highest BCUT2D eigenvalue weighted by atomic mass is 19.4. The van der Waals surface area contributed by atoms with Crippen LogP contribution in [0.25, 0.3) is 11.4 Å². The maximum absolute atomic E-state index is 12.4. The topological polar surface area (TPSA) is 77.2 Å². The molecule has 0 aliphatic carbocycles. The Hall–Kier alpha value is -2.72. The summed E-state index contributed by atoms with van der Waals surface area (Å²) in [6, 6.07) is 3.78. The van der Waals surface area contributed by atoms with Crippen molar-refractivity contribution in [3.63, 3.8) is 0 Å². The Labute approximate surface area is 125 Å². The minimum atomic E-state index is -4.77. The molecule has 2 aromatic rings. The number of ether oxygens (including phenoxy) is 1. The smallest absolute Gasteiger partial charge is 0.410 e. The molecule has 6 nitrogen and oxygen atoms in total. The summed E-state index contributed by atoms with van der Waals surface area (Å²) in [5.74, 6) is -1.86. The van der Waals surface area contributed by atoms with E-state index in [1.54, 1.807) is 0 Å². The van der Waals surface area contributed by atoms with Crippen molar-refractivity contribution < 1.29 is 36.0 Å². The number of hydrogen-bond donors (Lipinski definition) is 1. The average Bonchev–Trinajstić information content (AvgIpc) is 2.89. The number of nitrogens with one attached hydrogen (secondary N) is 1. The van der Waals surface area contributed by atoms with E-state index in [0.29, 0.717) is 5.56 Å². The fourth-order valence-corrected chi connectivity index (χ4v) is 1.58. The lowest BCUT2D eigenvalue weighted by Gasteiger charge is -2.08. The molecular formula is C12H8F5N3O3. The highest BCUT2D eigenvalue weighted by Gasteiger charge is 2.38. The second kappa shape index (κ2) is 6.18. The molecule has 1 amide bonds. The molecule has 2 rings (SSSR count). The largest absolute Gasteiger partial charge is 0.471 e. The van der Waals surface area contributed by atoms with Crippen LogP contribution in [0.3, 0.4) is 0 Å². The summed E-state index contributed by atoms with van der Waals surface area (Å²) in [5.41, 5.74) is 0.466. The van der Waals surface area contributed by atoms with Crippen LogP contribution in [0.4, 0.5) is 26.7 Å². The molecule has 0 saturated heterocycles. The third-order valence-electron chi connectivity index (χ3n) is 2.53. The van der Waals surface area contributed by atoms with E-state index in [9.17, 15) is 26.7 Å². The van der Waals surface area contributed by atoms with Gasteiger partial charge in [0.1, 0.15) is 5.75 Å². The molecule has 0 unspecified atom stereocenters. The maximum Gasteiger partial charge on any atom is 0.471 e. The number of carbonyl (C=O) groups excluding carboxylic acids is 1. The third-order valence-corrected chi connectivity index (χ3v) is 2.53. The van der Waals surface area contributed by atoms with Crippen LogP contribution in [-0.2, 0) is 6.18 Å². The summed E-state index contributed by atoms with van der Waals surface area (Å²) in [6.07, 6.45) is -6.13. The van der Waals surface area contributed by atoms with Crippen molar-refractivity contribution in [2.75, 3.05) is 0 Å². The number of hydrogen-bond acceptors (Lipinski definition) is 5. The van der Waals surface area contributed by atoms with Gasteiger partial charge >= 0.3 is 24.7 Å². The molecule has 124 valence electrons. The van der Waals surface area contributed by atoms with Gasteiger partial charge in [-0.2, -0.15) is 26.9 Å². The van der Waals surface area contributed by atoms with Crippen LogP contribution in [0, 0.1) is 6.92 Å². The van der Waals surface area contributed by atoms with E-state index in [4.69, 9.17) is 0 Å². The fourth-order valence-electron chi connectivity index (χ4n) is 1.58. The number of nitrogens with zero attached hydrogens (tertiary/aromatic N) is 2. The molecule has 0 bridgehead atoms. The summed E-state index contributed by atoms with van der Waals surface area (Å²) >= 11 is 0. The standard InChI is InChI=1S/C12H8F5N3O3/c1-5-4-6(8-18-9(23-20-8)12(15,16)17)2-3-7(5)22-11(21)19-10(13)14/h2-4,10H,1H3,(H,19,21). The molecule has 0 spiro atoms. The molecule has 0 atom stereocenters. The molecule has 1 aromatic carbocycles. The van der Waals surface area contributed by atoms with Gasteiger partial charge in [-0.25, -0.2) is 4.79 Å². The lowest BCUT2D eigenvalue weighted by Crippen LogP contribution is -2.31. The number of aromatic nitrogens is 2. The van der Waals surface area contributed by atoms with Gasteiger partial charge in [-0.05, 0) is 30.7 Å². The maximum atomic E-state index is 12.4. The second-order valence-electron chi connectivity index (χ2n) is 4.24. The number of rotatable bonds is 3. The normalized spacial score (nSPS) is 11.6. The van der Waals surface area contributed by atoms with Crippen molar-refractivity contribution in [3.8, 4) is 17.1 Å². The zero-order chi connectivity index (χ0) is 17.2. The highest BCUT2D eigenvalue weighted by Crippen LogP contribution is 2.30. The van der Waals surface area contributed by atoms with Crippen LogP contribution in [0.2, 0.25) is 0 Å². The van der Waals surface area contributed by atoms with Crippen molar-refractivity contribution in [1.29, 1.82) is 0 Å². The van der Waals surface area contributed by atoms with Gasteiger partial charge < -0.3 is 9.26 Å². The van der Waals surface area contributed by atoms with Gasteiger partial charge in [0.2, 0.25) is 5.82 Å². The Bertz CT molecular complexity index is 714. The fraction of sp³-hybridized carbons (Fsp3) is 0.250. The number of benzene rings is 1. The first kappa shape index (κ1) is 16.6. The molecule has 0 aliphatic rings. The van der Waals surface area contributed by atoms with Crippen molar-refractivity contribution in [3.05, 3.63) is 29.7 Å². The summed E-state index contributed by atoms with van der Waals surface area (Å²) in [7, 11) is 0. The second-order valence-corrected chi connectivity index (χ2v) is 4.24. The predicted molar refractivity (Wildman–Crippen MR) is 64.6 cm³/mol. The first-order chi connectivity index (χ1) is 10.7. The molecule has 1 N–H and O–H groups in total. The minimum absolute atomic E-state index is 0.0496. The van der Waals surface area contributed by atoms with Crippen LogP contribution in [0.15, 0.2) is 22.7 Å². The molecule has 0 fully saturated rings. The van der Waals surface area contributed by atoms with E-state index in [0.717, 1.165) is 0 Å². The van der Waals surface area contributed by atoms with Crippen molar-refractivity contribution in [2.45, 2.75) is 19.6 Å². The average molecular weight is 337 g/mol. The van der Waals surface area contributed by atoms with Crippen LogP contribution in [0.1, 0.15) is 11.5 Å². The third kappa shape index (κ3) is 4.14. The monoisotopic (exact) mass is 337 g/mol. The predicted octanol–water partition coefficient (Wildman–Crippen LogP) is 3.37. The summed E-state index contributed by atoms with van der Waals surface area (Å²) in [4.78, 5) is 14.3. The van der Waals surface area contributed by atoms with Gasteiger partial charge in [-0.3, -0.25) is 5.32 Å². The number of amides is 1. The van der Waals surface area contributed by atoms with Gasteiger partial charge in [-0.1, -0.05) is 5.16 Å². The van der Waals surface area contributed by atoms with Gasteiger partial charge in [0.15, 0.2) is 0 Å². The minimum Gasteiger partial charge on any atom is -0.410 e. The zero-order valence-electron chi connectivity index (χ0n) is 11.3. The summed E-state index contributed by atoms with van der Waals surface area (Å²) in [6.45, 7) is -1.62. The van der Waals surface area contributed by atoms with E-state index in [1.807, 2.05) is 0 Å². The Kier molecular flexibility index (Phi) is 4.48. The lowest BCUT2D eigenvalue weighted by atomic mass is 10.1.